The zero-order valence-corrected chi connectivity index (χ0v) is 17.1. The minimum absolute atomic E-state index is 0. The number of nitrogens with two attached hydrogens (primary N) is 1. The molecule has 0 radical (unpaired) electrons. The SMILES string of the molecule is CC(C)(C)c1cn2c(n1)CCC(NC(=O)[C@@H]1CCC[C@@H]1CN)C2.Cl.Cl. The fourth-order valence-electron chi connectivity index (χ4n) is 3.90. The van der Waals surface area contributed by atoms with Crippen molar-refractivity contribution in [1.82, 2.24) is 14.9 Å². The molecule has 0 saturated heterocycles. The Morgan fingerprint density at radius 1 is 1.32 bits per heavy atom. The molecule has 5 nitrogen and oxygen atoms in total. The number of rotatable bonds is 3. The van der Waals surface area contributed by atoms with Crippen molar-refractivity contribution in [3.05, 3.63) is 17.7 Å². The summed E-state index contributed by atoms with van der Waals surface area (Å²) in [5, 5.41) is 3.27. The number of nitrogens with one attached hydrogen (secondary N) is 1. The van der Waals surface area contributed by atoms with Gasteiger partial charge in [0.2, 0.25) is 5.91 Å². The summed E-state index contributed by atoms with van der Waals surface area (Å²) in [7, 11) is 0. The van der Waals surface area contributed by atoms with Gasteiger partial charge in [-0.2, -0.15) is 0 Å². The smallest absolute Gasteiger partial charge is 0.223 e. The van der Waals surface area contributed by atoms with Crippen LogP contribution in [0.3, 0.4) is 0 Å². The summed E-state index contributed by atoms with van der Waals surface area (Å²) in [6, 6.07) is 0.219. The first-order valence-corrected chi connectivity index (χ1v) is 8.95. The molecule has 3 N–H and O–H groups in total. The van der Waals surface area contributed by atoms with Crippen LogP contribution in [0.5, 0.6) is 0 Å². The van der Waals surface area contributed by atoms with Crippen molar-refractivity contribution >= 4 is 30.7 Å². The van der Waals surface area contributed by atoms with Crippen LogP contribution in [0.15, 0.2) is 6.20 Å². The Kier molecular flexibility index (Phi) is 7.78. The van der Waals surface area contributed by atoms with Gasteiger partial charge in [-0.15, -0.1) is 24.8 Å². The van der Waals surface area contributed by atoms with Gasteiger partial charge < -0.3 is 15.6 Å². The third-order valence-electron chi connectivity index (χ3n) is 5.41. The fourth-order valence-corrected chi connectivity index (χ4v) is 3.90. The van der Waals surface area contributed by atoms with Gasteiger partial charge in [-0.1, -0.05) is 27.2 Å². The molecule has 1 fully saturated rings. The number of amides is 1. The summed E-state index contributed by atoms with van der Waals surface area (Å²) in [6.07, 6.45) is 7.29. The van der Waals surface area contributed by atoms with Crippen molar-refractivity contribution in [2.45, 2.75) is 70.9 Å². The molecule has 1 amide bonds. The van der Waals surface area contributed by atoms with E-state index < -0.39 is 0 Å². The monoisotopic (exact) mass is 390 g/mol. The summed E-state index contributed by atoms with van der Waals surface area (Å²) < 4.78 is 2.23. The van der Waals surface area contributed by atoms with E-state index in [9.17, 15) is 4.79 Å². The molecule has 3 rings (SSSR count). The first-order valence-electron chi connectivity index (χ1n) is 8.95. The number of fused-ring (bicyclic) bond motifs is 1. The zero-order chi connectivity index (χ0) is 16.6. The third-order valence-corrected chi connectivity index (χ3v) is 5.41. The highest BCUT2D eigenvalue weighted by Gasteiger charge is 2.33. The van der Waals surface area contributed by atoms with E-state index in [2.05, 4.69) is 36.9 Å². The molecule has 1 aliphatic carbocycles. The molecule has 2 aliphatic rings. The molecule has 0 aromatic carbocycles. The van der Waals surface area contributed by atoms with Gasteiger partial charge in [0.05, 0.1) is 5.69 Å². The molecule has 2 heterocycles. The van der Waals surface area contributed by atoms with Gasteiger partial charge in [-0.05, 0) is 31.7 Å². The van der Waals surface area contributed by atoms with Crippen LogP contribution in [0.1, 0.15) is 58.0 Å². The number of carbonyl (C=O) groups excluding carboxylic acids is 1. The predicted octanol–water partition coefficient (Wildman–Crippen LogP) is 2.83. The van der Waals surface area contributed by atoms with Gasteiger partial charge in [0.15, 0.2) is 0 Å². The van der Waals surface area contributed by atoms with E-state index in [0.29, 0.717) is 12.5 Å². The Balaban J connectivity index is 0.00000156. The number of imidazole rings is 1. The van der Waals surface area contributed by atoms with E-state index in [4.69, 9.17) is 10.7 Å². The molecule has 7 heteroatoms. The van der Waals surface area contributed by atoms with Gasteiger partial charge >= 0.3 is 0 Å². The number of nitrogens with zero attached hydrogens (tertiary/aromatic N) is 2. The van der Waals surface area contributed by atoms with Crippen LogP contribution in [0, 0.1) is 11.8 Å². The van der Waals surface area contributed by atoms with Crippen LogP contribution in [0.2, 0.25) is 0 Å². The van der Waals surface area contributed by atoms with E-state index >= 15 is 0 Å². The van der Waals surface area contributed by atoms with Crippen LogP contribution in [0.4, 0.5) is 0 Å². The maximum Gasteiger partial charge on any atom is 0.223 e. The first-order chi connectivity index (χ1) is 10.9. The van der Waals surface area contributed by atoms with E-state index in [-0.39, 0.29) is 48.1 Å². The molecule has 144 valence electrons. The highest BCUT2D eigenvalue weighted by molar-refractivity contribution is 5.85. The summed E-state index contributed by atoms with van der Waals surface area (Å²) in [5.41, 5.74) is 7.02. The molecule has 1 saturated carbocycles. The standard InChI is InChI=1S/C18H30N4O.2ClH/c1-18(2,3)15-11-22-10-13(7-8-16(22)21-15)20-17(23)14-6-4-5-12(14)9-19;;/h11-14H,4-10,19H2,1-3H3,(H,20,23);2*1H/t12-,13?,14-;;/m1../s1. The van der Waals surface area contributed by atoms with Gasteiger partial charge in [0, 0.05) is 36.5 Å². The average molecular weight is 391 g/mol. The van der Waals surface area contributed by atoms with Crippen molar-refractivity contribution < 1.29 is 4.79 Å². The van der Waals surface area contributed by atoms with Crippen molar-refractivity contribution in [1.29, 1.82) is 0 Å². The van der Waals surface area contributed by atoms with Crippen LogP contribution in [0.25, 0.3) is 0 Å². The molecule has 1 aromatic rings. The minimum atomic E-state index is 0. The second-order valence-corrected chi connectivity index (χ2v) is 8.22. The number of hydrogen-bond donors (Lipinski definition) is 2. The van der Waals surface area contributed by atoms with Crippen molar-refractivity contribution in [2.75, 3.05) is 6.54 Å². The largest absolute Gasteiger partial charge is 0.351 e. The van der Waals surface area contributed by atoms with Crippen LogP contribution in [-0.2, 0) is 23.2 Å². The topological polar surface area (TPSA) is 72.9 Å². The Bertz CT molecular complexity index is 582. The van der Waals surface area contributed by atoms with E-state index in [0.717, 1.165) is 50.2 Å². The number of carbonyl (C=O) groups is 1. The lowest BCUT2D eigenvalue weighted by atomic mass is 9.93. The quantitative estimate of drug-likeness (QED) is 0.832. The van der Waals surface area contributed by atoms with Crippen molar-refractivity contribution in [3.8, 4) is 0 Å². The summed E-state index contributed by atoms with van der Waals surface area (Å²) >= 11 is 0. The fraction of sp³-hybridized carbons (Fsp3) is 0.778. The summed E-state index contributed by atoms with van der Waals surface area (Å²) in [4.78, 5) is 17.3. The van der Waals surface area contributed by atoms with Crippen LogP contribution >= 0.6 is 24.8 Å². The number of aromatic nitrogens is 2. The Morgan fingerprint density at radius 3 is 2.68 bits per heavy atom. The molecular formula is C18H32Cl2N4O. The normalized spacial score (nSPS) is 25.5. The lowest BCUT2D eigenvalue weighted by Gasteiger charge is -2.27. The number of halogens is 2. The third kappa shape index (κ3) is 4.89. The maximum absolute atomic E-state index is 12.6. The predicted molar refractivity (Wildman–Crippen MR) is 106 cm³/mol. The van der Waals surface area contributed by atoms with E-state index in [1.54, 1.807) is 0 Å². The first kappa shape index (κ1) is 22.3. The van der Waals surface area contributed by atoms with Gasteiger partial charge in [-0.3, -0.25) is 4.79 Å². The number of aryl methyl sites for hydroxylation is 1. The number of hydrogen-bond acceptors (Lipinski definition) is 3. The second-order valence-electron chi connectivity index (χ2n) is 8.22. The summed E-state index contributed by atoms with van der Waals surface area (Å²) in [5.74, 6) is 1.85. The van der Waals surface area contributed by atoms with Crippen LogP contribution < -0.4 is 11.1 Å². The molecule has 0 bridgehead atoms. The summed E-state index contributed by atoms with van der Waals surface area (Å²) in [6.45, 7) is 8.03. The van der Waals surface area contributed by atoms with E-state index in [1.807, 2.05) is 0 Å². The van der Waals surface area contributed by atoms with Crippen molar-refractivity contribution in [2.24, 2.45) is 17.6 Å². The minimum Gasteiger partial charge on any atom is -0.351 e. The van der Waals surface area contributed by atoms with E-state index in [1.165, 1.54) is 0 Å². The van der Waals surface area contributed by atoms with Gasteiger partial charge in [-0.25, -0.2) is 4.98 Å². The molecule has 1 aliphatic heterocycles. The van der Waals surface area contributed by atoms with Gasteiger partial charge in [0.1, 0.15) is 5.82 Å². The van der Waals surface area contributed by atoms with Crippen LogP contribution in [-0.4, -0.2) is 28.0 Å². The lowest BCUT2D eigenvalue weighted by molar-refractivity contribution is -0.126. The highest BCUT2D eigenvalue weighted by Crippen LogP contribution is 2.31. The molecule has 3 atom stereocenters. The Labute approximate surface area is 163 Å². The average Bonchev–Trinajstić information content (AvgIpc) is 3.12. The maximum atomic E-state index is 12.6. The molecule has 0 spiro atoms. The second kappa shape index (κ2) is 8.74. The Hall–Kier alpha value is -0.780. The lowest BCUT2D eigenvalue weighted by Crippen LogP contribution is -2.44. The molecule has 1 unspecified atom stereocenters. The molecule has 1 aromatic heterocycles. The zero-order valence-electron chi connectivity index (χ0n) is 15.5. The molecular weight excluding hydrogens is 359 g/mol. The van der Waals surface area contributed by atoms with Gasteiger partial charge in [0.25, 0.3) is 0 Å². The highest BCUT2D eigenvalue weighted by atomic mass is 35.5. The Morgan fingerprint density at radius 2 is 2.04 bits per heavy atom. The molecule has 25 heavy (non-hydrogen) atoms. The van der Waals surface area contributed by atoms with Crippen molar-refractivity contribution in [3.63, 3.8) is 0 Å².